The van der Waals surface area contributed by atoms with E-state index in [2.05, 4.69) is 61.8 Å². The number of nitrogens with zero attached hydrogens (tertiary/aromatic N) is 7. The van der Waals surface area contributed by atoms with E-state index >= 15 is 0 Å². The summed E-state index contributed by atoms with van der Waals surface area (Å²) < 4.78 is 48.1. The number of pyridine rings is 1. The summed E-state index contributed by atoms with van der Waals surface area (Å²) in [6.45, 7) is 7.81. The molecule has 0 saturated carbocycles. The Kier molecular flexibility index (Phi) is 6.79. The largest absolute Gasteiger partial charge is 0.493 e. The van der Waals surface area contributed by atoms with E-state index < -0.39 is 12.6 Å². The van der Waals surface area contributed by atoms with Crippen molar-refractivity contribution >= 4 is 22.0 Å². The van der Waals surface area contributed by atoms with E-state index in [0.29, 0.717) is 41.1 Å². The second kappa shape index (κ2) is 9.92. The molecule has 0 unspecified atom stereocenters. The second-order valence-electron chi connectivity index (χ2n) is 9.52. The van der Waals surface area contributed by atoms with Gasteiger partial charge in [0.05, 0.1) is 31.1 Å². The quantitative estimate of drug-likeness (QED) is 0.363. The molecule has 4 aromatic rings. The fraction of sp³-hybridized carbons (Fsp3) is 0.440. The van der Waals surface area contributed by atoms with Crippen molar-refractivity contribution in [3.63, 3.8) is 0 Å². The van der Waals surface area contributed by atoms with Gasteiger partial charge in [0.2, 0.25) is 0 Å². The molecule has 1 aliphatic heterocycles. The molecule has 0 aliphatic carbocycles. The Labute approximate surface area is 221 Å². The molecule has 0 bridgehead atoms. The smallest absolute Gasteiger partial charge is 0.393 e. The van der Waals surface area contributed by atoms with Gasteiger partial charge in [0.1, 0.15) is 22.4 Å². The van der Waals surface area contributed by atoms with Crippen LogP contribution in [0.2, 0.25) is 0 Å². The number of thiazole rings is 1. The van der Waals surface area contributed by atoms with Crippen molar-refractivity contribution in [2.24, 2.45) is 0 Å². The molecule has 0 amide bonds. The van der Waals surface area contributed by atoms with Gasteiger partial charge >= 0.3 is 6.18 Å². The lowest BCUT2D eigenvalue weighted by molar-refractivity contribution is -0.127. The Balaban J connectivity index is 1.54. The number of hydrogen-bond acceptors (Lipinski definition) is 8. The third-order valence-corrected chi connectivity index (χ3v) is 7.76. The summed E-state index contributed by atoms with van der Waals surface area (Å²) in [6.07, 6.45) is 4.82. The van der Waals surface area contributed by atoms with Gasteiger partial charge in [0.15, 0.2) is 11.4 Å². The zero-order chi connectivity index (χ0) is 27.2. The lowest BCUT2D eigenvalue weighted by Crippen LogP contribution is -2.58. The van der Waals surface area contributed by atoms with Crippen molar-refractivity contribution in [3.8, 4) is 40.1 Å². The van der Waals surface area contributed by atoms with E-state index in [0.717, 1.165) is 5.00 Å². The van der Waals surface area contributed by atoms with Gasteiger partial charge in [0.25, 0.3) is 0 Å². The first kappa shape index (κ1) is 26.0. The summed E-state index contributed by atoms with van der Waals surface area (Å²) >= 11 is 1.29. The third-order valence-electron chi connectivity index (χ3n) is 6.71. The highest BCUT2D eigenvalue weighted by Crippen LogP contribution is 2.40. The number of nitrogens with one attached hydrogen (secondary N) is 1. The zero-order valence-electron chi connectivity index (χ0n) is 21.3. The fourth-order valence-corrected chi connectivity index (χ4v) is 5.94. The number of H-pyrrole nitrogens is 1. The van der Waals surface area contributed by atoms with E-state index in [1.165, 1.54) is 29.3 Å². The number of ether oxygens (including phenoxy) is 1. The molecule has 0 spiro atoms. The van der Waals surface area contributed by atoms with Crippen LogP contribution in [0.15, 0.2) is 24.8 Å². The Bertz CT molecular complexity index is 1480. The lowest BCUT2D eigenvalue weighted by Gasteiger charge is -2.45. The van der Waals surface area contributed by atoms with Gasteiger partial charge in [-0.3, -0.25) is 10.00 Å². The van der Waals surface area contributed by atoms with Crippen LogP contribution >= 0.6 is 11.3 Å². The van der Waals surface area contributed by atoms with Crippen LogP contribution in [0.3, 0.4) is 0 Å². The Morgan fingerprint density at radius 3 is 2.76 bits per heavy atom. The highest BCUT2D eigenvalue weighted by molar-refractivity contribution is 7.18. The highest BCUT2D eigenvalue weighted by atomic mass is 32.1. The molecule has 1 N–H and O–H groups in total. The number of hydrogen-bond donors (Lipinski definition) is 1. The fourth-order valence-electron chi connectivity index (χ4n) is 4.94. The zero-order valence-corrected chi connectivity index (χ0v) is 22.1. The van der Waals surface area contributed by atoms with Gasteiger partial charge in [-0.2, -0.15) is 23.4 Å². The summed E-state index contributed by atoms with van der Waals surface area (Å²) in [4.78, 5) is 13.1. The van der Waals surface area contributed by atoms with Gasteiger partial charge < -0.3 is 9.64 Å². The number of aromatic amines is 1. The van der Waals surface area contributed by atoms with Gasteiger partial charge in [-0.25, -0.2) is 14.5 Å². The number of halogens is 3. The number of piperazine rings is 1. The minimum absolute atomic E-state index is 0.00795. The normalized spacial score (nSPS) is 18.9. The van der Waals surface area contributed by atoms with E-state index in [1.54, 1.807) is 18.5 Å². The number of methoxy groups -OCH3 is 1. The Morgan fingerprint density at radius 2 is 2.08 bits per heavy atom. The molecule has 13 heteroatoms. The maximum atomic E-state index is 13.8. The molecule has 0 radical (unpaired) electrons. The molecule has 1 aliphatic rings. The maximum Gasteiger partial charge on any atom is 0.393 e. The SMILES string of the molecule is C#C[C@@H]1CN(C(C)C)[C@@H](C)CN1c1cnc(-c2[nH]nc(-c3cc(OC)c4ncnn4c3)c2CC(F)(F)F)s1. The van der Waals surface area contributed by atoms with Crippen molar-refractivity contribution < 1.29 is 17.9 Å². The molecule has 1 saturated heterocycles. The maximum absolute atomic E-state index is 13.8. The van der Waals surface area contributed by atoms with Crippen LogP contribution in [-0.4, -0.2) is 79.2 Å². The average Bonchev–Trinajstić information content (AvgIpc) is 3.61. The summed E-state index contributed by atoms with van der Waals surface area (Å²) in [5, 5.41) is 12.4. The van der Waals surface area contributed by atoms with Crippen LogP contribution in [0, 0.1) is 12.3 Å². The summed E-state index contributed by atoms with van der Waals surface area (Å²) in [5.41, 5.74) is 1.21. The monoisotopic (exact) mass is 544 g/mol. The number of fused-ring (bicyclic) bond motifs is 1. The molecule has 9 nitrogen and oxygen atoms in total. The summed E-state index contributed by atoms with van der Waals surface area (Å²) in [7, 11) is 1.46. The highest BCUT2D eigenvalue weighted by Gasteiger charge is 2.35. The molecule has 0 aromatic carbocycles. The molecular formula is C25H27F3N8OS. The molecule has 5 rings (SSSR count). The van der Waals surface area contributed by atoms with Crippen LogP contribution in [0.1, 0.15) is 26.3 Å². The topological polar surface area (TPSA) is 87.5 Å². The second-order valence-corrected chi connectivity index (χ2v) is 10.5. The number of alkyl halides is 3. The van der Waals surface area contributed by atoms with Crippen molar-refractivity contribution in [2.45, 2.75) is 51.5 Å². The molecule has 2 atom stereocenters. The van der Waals surface area contributed by atoms with E-state index in [4.69, 9.17) is 11.2 Å². The van der Waals surface area contributed by atoms with E-state index in [1.807, 2.05) is 0 Å². The summed E-state index contributed by atoms with van der Waals surface area (Å²) in [6, 6.07) is 2.04. The minimum atomic E-state index is -4.47. The molecule has 1 fully saturated rings. The van der Waals surface area contributed by atoms with Gasteiger partial charge in [0, 0.05) is 42.5 Å². The number of rotatable bonds is 6. The molecular weight excluding hydrogens is 517 g/mol. The lowest BCUT2D eigenvalue weighted by atomic mass is 10.0. The van der Waals surface area contributed by atoms with Crippen LogP contribution < -0.4 is 9.64 Å². The number of anilines is 1. The van der Waals surface area contributed by atoms with Gasteiger partial charge in [-0.05, 0) is 26.8 Å². The first-order valence-corrected chi connectivity index (χ1v) is 12.9. The van der Waals surface area contributed by atoms with E-state index in [-0.39, 0.29) is 29.0 Å². The summed E-state index contributed by atoms with van der Waals surface area (Å²) in [5.74, 6) is 3.24. The van der Waals surface area contributed by atoms with Crippen molar-refractivity contribution in [1.29, 1.82) is 0 Å². The van der Waals surface area contributed by atoms with Crippen LogP contribution in [0.4, 0.5) is 18.2 Å². The van der Waals surface area contributed by atoms with Crippen molar-refractivity contribution in [1.82, 2.24) is 34.7 Å². The minimum Gasteiger partial charge on any atom is -0.493 e. The van der Waals surface area contributed by atoms with Gasteiger partial charge in [-0.15, -0.1) is 6.42 Å². The molecule has 200 valence electrons. The Hall–Kier alpha value is -3.63. The van der Waals surface area contributed by atoms with Crippen molar-refractivity contribution in [3.05, 3.63) is 30.4 Å². The number of aromatic nitrogens is 6. The number of terminal acetylenes is 1. The van der Waals surface area contributed by atoms with Gasteiger partial charge in [-0.1, -0.05) is 17.3 Å². The van der Waals surface area contributed by atoms with Crippen LogP contribution in [-0.2, 0) is 6.42 Å². The predicted octanol–water partition coefficient (Wildman–Crippen LogP) is 4.28. The molecule has 4 aromatic heterocycles. The van der Waals surface area contributed by atoms with E-state index in [9.17, 15) is 13.2 Å². The van der Waals surface area contributed by atoms with Crippen LogP contribution in [0.5, 0.6) is 5.75 Å². The van der Waals surface area contributed by atoms with Crippen LogP contribution in [0.25, 0.3) is 27.6 Å². The standard InChI is InChI=1S/C25H27F3N8OS/c1-6-17-12-34(14(2)3)15(4)10-35(17)20-9-29-24(38-20)22-18(8-25(26,27)28)21(32-33-22)16-7-19(37-5)23-30-13-31-36(23)11-16/h1,7,9,11,13-15,17H,8,10,12H2,2-5H3,(H,32,33)/t15-,17+/m0/s1. The first-order valence-electron chi connectivity index (χ1n) is 12.1. The molecule has 5 heterocycles. The first-order chi connectivity index (χ1) is 18.1. The predicted molar refractivity (Wildman–Crippen MR) is 139 cm³/mol. The van der Waals surface area contributed by atoms with Crippen molar-refractivity contribution in [2.75, 3.05) is 25.1 Å². The average molecular weight is 545 g/mol. The third kappa shape index (κ3) is 4.81. The Morgan fingerprint density at radius 1 is 1.29 bits per heavy atom. The molecule has 38 heavy (non-hydrogen) atoms.